The average molecular weight is 256 g/mol. The van der Waals surface area contributed by atoms with Gasteiger partial charge in [0.1, 0.15) is 16.8 Å². The molecule has 2 N–H and O–H groups in total. The molecule has 2 rings (SSSR count). The standard InChI is InChI=1S/C12H18ClN3O/c1-7-11(13)14-8(2)15-12(7)16-9-3-5-10(17)6-4-9/h9-10,17H,3-6H2,1-2H3,(H,14,15,16). The fourth-order valence-electron chi connectivity index (χ4n) is 2.15. The Balaban J connectivity index is 2.08. The van der Waals surface area contributed by atoms with Crippen molar-refractivity contribution in [3.05, 3.63) is 16.5 Å². The zero-order valence-electron chi connectivity index (χ0n) is 10.2. The Morgan fingerprint density at radius 1 is 1.18 bits per heavy atom. The lowest BCUT2D eigenvalue weighted by Crippen LogP contribution is -2.29. The van der Waals surface area contributed by atoms with Crippen LogP contribution in [0, 0.1) is 13.8 Å². The summed E-state index contributed by atoms with van der Waals surface area (Å²) < 4.78 is 0. The molecule has 0 saturated heterocycles. The Bertz CT molecular complexity index is 403. The number of aliphatic hydroxyl groups is 1. The summed E-state index contributed by atoms with van der Waals surface area (Å²) >= 11 is 6.03. The van der Waals surface area contributed by atoms with Gasteiger partial charge in [-0.05, 0) is 39.5 Å². The monoisotopic (exact) mass is 255 g/mol. The van der Waals surface area contributed by atoms with Gasteiger partial charge in [0.25, 0.3) is 0 Å². The number of anilines is 1. The van der Waals surface area contributed by atoms with Gasteiger partial charge in [0, 0.05) is 11.6 Å². The Labute approximate surface area is 106 Å². The maximum atomic E-state index is 9.46. The van der Waals surface area contributed by atoms with E-state index in [9.17, 15) is 5.11 Å². The molecular weight excluding hydrogens is 238 g/mol. The number of nitrogens with zero attached hydrogens (tertiary/aromatic N) is 2. The molecule has 0 radical (unpaired) electrons. The molecule has 0 atom stereocenters. The van der Waals surface area contributed by atoms with Crippen molar-refractivity contribution in [2.75, 3.05) is 5.32 Å². The fourth-order valence-corrected chi connectivity index (χ4v) is 2.36. The smallest absolute Gasteiger partial charge is 0.137 e. The summed E-state index contributed by atoms with van der Waals surface area (Å²) in [6, 6.07) is 0.377. The van der Waals surface area contributed by atoms with Crippen LogP contribution in [0.5, 0.6) is 0 Å². The minimum absolute atomic E-state index is 0.134. The van der Waals surface area contributed by atoms with Gasteiger partial charge in [-0.3, -0.25) is 0 Å². The van der Waals surface area contributed by atoms with Crippen molar-refractivity contribution in [1.82, 2.24) is 9.97 Å². The zero-order chi connectivity index (χ0) is 12.4. The van der Waals surface area contributed by atoms with Crippen LogP contribution in [0.15, 0.2) is 0 Å². The summed E-state index contributed by atoms with van der Waals surface area (Å²) in [5, 5.41) is 13.4. The molecule has 0 unspecified atom stereocenters. The molecule has 1 aromatic rings. The maximum absolute atomic E-state index is 9.46. The Morgan fingerprint density at radius 2 is 1.82 bits per heavy atom. The van der Waals surface area contributed by atoms with Crippen LogP contribution < -0.4 is 5.32 Å². The predicted molar refractivity (Wildman–Crippen MR) is 68.4 cm³/mol. The third-order valence-corrected chi connectivity index (χ3v) is 3.60. The molecule has 0 spiro atoms. The van der Waals surface area contributed by atoms with Gasteiger partial charge in [-0.1, -0.05) is 11.6 Å². The number of aryl methyl sites for hydroxylation is 1. The molecule has 1 heterocycles. The minimum Gasteiger partial charge on any atom is -0.393 e. The van der Waals surface area contributed by atoms with Crippen LogP contribution in [0.2, 0.25) is 5.15 Å². The second-order valence-electron chi connectivity index (χ2n) is 4.69. The minimum atomic E-state index is -0.134. The van der Waals surface area contributed by atoms with E-state index in [-0.39, 0.29) is 6.10 Å². The zero-order valence-corrected chi connectivity index (χ0v) is 11.0. The first-order valence-electron chi connectivity index (χ1n) is 6.01. The molecule has 0 amide bonds. The molecule has 1 aromatic heterocycles. The van der Waals surface area contributed by atoms with E-state index in [1.165, 1.54) is 0 Å². The molecule has 1 saturated carbocycles. The molecule has 0 aromatic carbocycles. The van der Waals surface area contributed by atoms with Crippen LogP contribution in [0.4, 0.5) is 5.82 Å². The number of rotatable bonds is 2. The van der Waals surface area contributed by atoms with Crippen LogP contribution in [0.1, 0.15) is 37.1 Å². The first kappa shape index (κ1) is 12.6. The van der Waals surface area contributed by atoms with Crippen molar-refractivity contribution in [2.45, 2.75) is 51.7 Å². The van der Waals surface area contributed by atoms with Gasteiger partial charge in [0.15, 0.2) is 0 Å². The van der Waals surface area contributed by atoms with E-state index in [1.807, 2.05) is 13.8 Å². The van der Waals surface area contributed by atoms with E-state index in [2.05, 4.69) is 15.3 Å². The Morgan fingerprint density at radius 3 is 2.47 bits per heavy atom. The van der Waals surface area contributed by atoms with Crippen LogP contribution in [0.3, 0.4) is 0 Å². The first-order valence-corrected chi connectivity index (χ1v) is 6.39. The van der Waals surface area contributed by atoms with Gasteiger partial charge in [-0.2, -0.15) is 0 Å². The summed E-state index contributed by atoms with van der Waals surface area (Å²) in [4.78, 5) is 8.49. The van der Waals surface area contributed by atoms with Crippen molar-refractivity contribution >= 4 is 17.4 Å². The highest BCUT2D eigenvalue weighted by Gasteiger charge is 2.20. The van der Waals surface area contributed by atoms with E-state index in [0.717, 1.165) is 37.1 Å². The summed E-state index contributed by atoms with van der Waals surface area (Å²) in [5.41, 5.74) is 0.892. The number of hydrogen-bond donors (Lipinski definition) is 2. The molecule has 4 nitrogen and oxygen atoms in total. The van der Waals surface area contributed by atoms with Gasteiger partial charge in [0.05, 0.1) is 6.10 Å². The van der Waals surface area contributed by atoms with Crippen molar-refractivity contribution in [3.63, 3.8) is 0 Å². The lowest BCUT2D eigenvalue weighted by molar-refractivity contribution is 0.126. The van der Waals surface area contributed by atoms with Gasteiger partial charge in [-0.25, -0.2) is 9.97 Å². The largest absolute Gasteiger partial charge is 0.393 e. The molecule has 1 aliphatic carbocycles. The molecule has 0 bridgehead atoms. The molecular formula is C12H18ClN3O. The van der Waals surface area contributed by atoms with E-state index in [1.54, 1.807) is 0 Å². The quantitative estimate of drug-likeness (QED) is 0.797. The van der Waals surface area contributed by atoms with Gasteiger partial charge >= 0.3 is 0 Å². The summed E-state index contributed by atoms with van der Waals surface area (Å²) in [5.74, 6) is 1.50. The second kappa shape index (κ2) is 5.19. The number of aromatic nitrogens is 2. The van der Waals surface area contributed by atoms with E-state index >= 15 is 0 Å². The highest BCUT2D eigenvalue weighted by molar-refractivity contribution is 6.30. The molecule has 17 heavy (non-hydrogen) atoms. The van der Waals surface area contributed by atoms with Crippen LogP contribution >= 0.6 is 11.6 Å². The first-order chi connectivity index (χ1) is 8.06. The summed E-state index contributed by atoms with van der Waals surface area (Å²) in [6.45, 7) is 3.75. The van der Waals surface area contributed by atoms with Crippen LogP contribution in [0.25, 0.3) is 0 Å². The number of aliphatic hydroxyl groups excluding tert-OH is 1. The van der Waals surface area contributed by atoms with Crippen molar-refractivity contribution in [2.24, 2.45) is 0 Å². The highest BCUT2D eigenvalue weighted by Crippen LogP contribution is 2.25. The van der Waals surface area contributed by atoms with Crippen molar-refractivity contribution in [1.29, 1.82) is 0 Å². The third-order valence-electron chi connectivity index (χ3n) is 3.24. The fraction of sp³-hybridized carbons (Fsp3) is 0.667. The van der Waals surface area contributed by atoms with E-state index in [0.29, 0.717) is 17.0 Å². The van der Waals surface area contributed by atoms with E-state index < -0.39 is 0 Å². The molecule has 1 fully saturated rings. The summed E-state index contributed by atoms with van der Waals surface area (Å²) in [7, 11) is 0. The van der Waals surface area contributed by atoms with Gasteiger partial charge in [-0.15, -0.1) is 0 Å². The molecule has 0 aliphatic heterocycles. The maximum Gasteiger partial charge on any atom is 0.137 e. The number of halogens is 1. The average Bonchev–Trinajstić information content (AvgIpc) is 2.28. The highest BCUT2D eigenvalue weighted by atomic mass is 35.5. The normalized spacial score (nSPS) is 24.7. The lowest BCUT2D eigenvalue weighted by Gasteiger charge is -2.27. The molecule has 1 aliphatic rings. The van der Waals surface area contributed by atoms with Crippen molar-refractivity contribution in [3.8, 4) is 0 Å². The van der Waals surface area contributed by atoms with Crippen molar-refractivity contribution < 1.29 is 5.11 Å². The van der Waals surface area contributed by atoms with Gasteiger partial charge < -0.3 is 10.4 Å². The predicted octanol–water partition coefficient (Wildman–Crippen LogP) is 2.46. The Kier molecular flexibility index (Phi) is 3.84. The number of nitrogens with one attached hydrogen (secondary N) is 1. The molecule has 5 heteroatoms. The topological polar surface area (TPSA) is 58.0 Å². The van der Waals surface area contributed by atoms with Crippen LogP contribution in [-0.2, 0) is 0 Å². The second-order valence-corrected chi connectivity index (χ2v) is 5.04. The van der Waals surface area contributed by atoms with Crippen LogP contribution in [-0.4, -0.2) is 27.2 Å². The molecule has 94 valence electrons. The third kappa shape index (κ3) is 3.07. The summed E-state index contributed by atoms with van der Waals surface area (Å²) in [6.07, 6.45) is 3.52. The number of hydrogen-bond acceptors (Lipinski definition) is 4. The Hall–Kier alpha value is -0.870. The SMILES string of the molecule is Cc1nc(Cl)c(C)c(NC2CCC(O)CC2)n1. The van der Waals surface area contributed by atoms with E-state index in [4.69, 9.17) is 11.6 Å². The van der Waals surface area contributed by atoms with Gasteiger partial charge in [0.2, 0.25) is 0 Å². The lowest BCUT2D eigenvalue weighted by atomic mass is 9.93.